The maximum atomic E-state index is 11.4. The van der Waals surface area contributed by atoms with Gasteiger partial charge in [-0.15, -0.1) is 0 Å². The van der Waals surface area contributed by atoms with Gasteiger partial charge in [-0.1, -0.05) is 55.8 Å². The zero-order valence-electron chi connectivity index (χ0n) is 7.79. The van der Waals surface area contributed by atoms with Crippen molar-refractivity contribution in [1.29, 1.82) is 0 Å². The maximum absolute atomic E-state index is 11.4. The molecule has 0 aromatic heterocycles. The van der Waals surface area contributed by atoms with Crippen molar-refractivity contribution >= 4 is 72.1 Å². The molecule has 1 amide bonds. The number of nitrogens with one attached hydrogen (secondary N) is 1. The van der Waals surface area contributed by atoms with E-state index in [-0.39, 0.29) is 5.91 Å². The lowest BCUT2D eigenvalue weighted by molar-refractivity contribution is -0.115. The highest BCUT2D eigenvalue weighted by atomic mass is 79.9. The van der Waals surface area contributed by atoms with Gasteiger partial charge in [0.25, 0.3) is 5.91 Å². The van der Waals surface area contributed by atoms with E-state index >= 15 is 0 Å². The molecule has 1 aromatic carbocycles. The Balaban J connectivity index is 2.36. The molecule has 2 rings (SSSR count). The van der Waals surface area contributed by atoms with Crippen LogP contribution in [0.4, 0.5) is 0 Å². The Kier molecular flexibility index (Phi) is 3.84. The van der Waals surface area contributed by atoms with Crippen LogP contribution in [0.25, 0.3) is 6.08 Å². The number of carbonyl (C=O) groups is 1. The summed E-state index contributed by atoms with van der Waals surface area (Å²) in [5.41, 5.74) is 0.948. The average molecular weight is 379 g/mol. The molecule has 16 heavy (non-hydrogen) atoms. The smallest absolute Gasteiger partial charge is 0.263 e. The zero-order valence-corrected chi connectivity index (χ0v) is 12.6. The Hall–Kier alpha value is -0.170. The molecule has 1 aliphatic rings. The van der Waals surface area contributed by atoms with E-state index in [2.05, 4.69) is 37.2 Å². The predicted molar refractivity (Wildman–Crippen MR) is 78.2 cm³/mol. The Morgan fingerprint density at radius 2 is 1.88 bits per heavy atom. The second kappa shape index (κ2) is 5.00. The van der Waals surface area contributed by atoms with E-state index in [0.29, 0.717) is 9.23 Å². The number of hydrogen-bond acceptors (Lipinski definition) is 3. The normalized spacial score (nSPS) is 18.0. The van der Waals surface area contributed by atoms with Crippen LogP contribution in [0.15, 0.2) is 32.0 Å². The van der Waals surface area contributed by atoms with Gasteiger partial charge in [0, 0.05) is 8.95 Å². The number of thioether (sulfide) groups is 1. The lowest BCUT2D eigenvalue weighted by Gasteiger charge is -1.98. The molecule has 0 radical (unpaired) electrons. The third kappa shape index (κ3) is 2.94. The Labute approximate surface area is 119 Å². The fourth-order valence-electron chi connectivity index (χ4n) is 1.23. The minimum Gasteiger partial charge on any atom is -0.307 e. The molecule has 0 unspecified atom stereocenters. The van der Waals surface area contributed by atoms with Crippen molar-refractivity contribution in [2.45, 2.75) is 0 Å². The van der Waals surface area contributed by atoms with Gasteiger partial charge in [0.05, 0.1) is 4.91 Å². The number of halogens is 2. The van der Waals surface area contributed by atoms with Gasteiger partial charge >= 0.3 is 0 Å². The van der Waals surface area contributed by atoms with Crippen molar-refractivity contribution in [2.24, 2.45) is 0 Å². The molecule has 0 aliphatic carbocycles. The van der Waals surface area contributed by atoms with Crippen LogP contribution in [0.2, 0.25) is 0 Å². The van der Waals surface area contributed by atoms with Gasteiger partial charge in [0.15, 0.2) is 0 Å². The third-order valence-corrected chi connectivity index (χ3v) is 3.90. The maximum Gasteiger partial charge on any atom is 0.263 e. The van der Waals surface area contributed by atoms with Crippen LogP contribution in [0, 0.1) is 0 Å². The minimum atomic E-state index is -0.133. The predicted octanol–water partition coefficient (Wildman–Crippen LogP) is 3.70. The molecule has 1 saturated heterocycles. The van der Waals surface area contributed by atoms with Crippen LogP contribution in [-0.4, -0.2) is 10.2 Å². The second-order valence-electron chi connectivity index (χ2n) is 3.06. The molecule has 0 spiro atoms. The molecular formula is C10H5Br2NOS2. The van der Waals surface area contributed by atoms with E-state index in [4.69, 9.17) is 12.2 Å². The number of carbonyl (C=O) groups excluding carboxylic acids is 1. The van der Waals surface area contributed by atoms with Crippen LogP contribution >= 0.6 is 55.8 Å². The van der Waals surface area contributed by atoms with Gasteiger partial charge in [-0.25, -0.2) is 0 Å². The molecule has 2 nitrogen and oxygen atoms in total. The summed E-state index contributed by atoms with van der Waals surface area (Å²) in [4.78, 5) is 12.1. The number of thiocarbonyl (C=S) groups is 1. The van der Waals surface area contributed by atoms with Crippen LogP contribution in [-0.2, 0) is 4.79 Å². The van der Waals surface area contributed by atoms with E-state index in [1.807, 2.05) is 24.3 Å². The van der Waals surface area contributed by atoms with E-state index in [1.54, 1.807) is 0 Å². The first-order chi connectivity index (χ1) is 7.54. The third-order valence-electron chi connectivity index (χ3n) is 1.82. The molecule has 0 atom stereocenters. The summed E-state index contributed by atoms with van der Waals surface area (Å²) < 4.78 is 2.42. The summed E-state index contributed by atoms with van der Waals surface area (Å²) in [7, 11) is 0. The Morgan fingerprint density at radius 1 is 1.25 bits per heavy atom. The number of rotatable bonds is 1. The molecule has 6 heteroatoms. The van der Waals surface area contributed by atoms with Crippen LogP contribution in [0.1, 0.15) is 5.56 Å². The quantitative estimate of drug-likeness (QED) is 0.596. The van der Waals surface area contributed by atoms with Gasteiger partial charge < -0.3 is 5.32 Å². The topological polar surface area (TPSA) is 29.1 Å². The Morgan fingerprint density at radius 3 is 2.38 bits per heavy atom. The van der Waals surface area contributed by atoms with Crippen molar-refractivity contribution in [1.82, 2.24) is 5.32 Å². The van der Waals surface area contributed by atoms with Gasteiger partial charge in [-0.2, -0.15) is 0 Å². The summed E-state index contributed by atoms with van der Waals surface area (Å²) in [6, 6.07) is 5.81. The van der Waals surface area contributed by atoms with E-state index < -0.39 is 0 Å². The highest BCUT2D eigenvalue weighted by Gasteiger charge is 2.21. The molecule has 0 bridgehead atoms. The first-order valence-corrected chi connectivity index (χ1v) is 7.06. The summed E-state index contributed by atoms with van der Waals surface area (Å²) in [6.07, 6.45) is 1.81. The van der Waals surface area contributed by atoms with E-state index in [1.165, 1.54) is 11.8 Å². The van der Waals surface area contributed by atoms with Gasteiger partial charge in [-0.05, 0) is 29.8 Å². The van der Waals surface area contributed by atoms with Crippen molar-refractivity contribution in [2.75, 3.05) is 0 Å². The zero-order chi connectivity index (χ0) is 11.7. The molecular weight excluding hydrogens is 374 g/mol. The van der Waals surface area contributed by atoms with Crippen molar-refractivity contribution in [3.8, 4) is 0 Å². The van der Waals surface area contributed by atoms with E-state index in [9.17, 15) is 4.79 Å². The summed E-state index contributed by atoms with van der Waals surface area (Å²) >= 11 is 13.0. The molecule has 0 saturated carbocycles. The van der Waals surface area contributed by atoms with Crippen LogP contribution < -0.4 is 5.32 Å². The van der Waals surface area contributed by atoms with Gasteiger partial charge in [-0.3, -0.25) is 4.79 Å². The first kappa shape index (κ1) is 12.3. The molecule has 82 valence electrons. The van der Waals surface area contributed by atoms with Crippen molar-refractivity contribution in [3.63, 3.8) is 0 Å². The molecule has 1 N–H and O–H groups in total. The lowest BCUT2D eigenvalue weighted by atomic mass is 10.2. The average Bonchev–Trinajstić information content (AvgIpc) is 2.43. The number of amides is 1. The fourth-order valence-corrected chi connectivity index (χ4v) is 3.60. The summed E-state index contributed by atoms with van der Waals surface area (Å²) in [5.74, 6) is -0.133. The lowest BCUT2D eigenvalue weighted by Crippen LogP contribution is -2.17. The van der Waals surface area contributed by atoms with Crippen LogP contribution in [0.3, 0.4) is 0 Å². The highest BCUT2D eigenvalue weighted by molar-refractivity contribution is 9.11. The number of benzene rings is 1. The first-order valence-electron chi connectivity index (χ1n) is 4.25. The largest absolute Gasteiger partial charge is 0.307 e. The molecule has 1 heterocycles. The second-order valence-corrected chi connectivity index (χ2v) is 6.61. The Bertz CT molecular complexity index is 493. The van der Waals surface area contributed by atoms with E-state index in [0.717, 1.165) is 14.5 Å². The monoisotopic (exact) mass is 377 g/mol. The van der Waals surface area contributed by atoms with Crippen molar-refractivity contribution in [3.05, 3.63) is 37.6 Å². The minimum absolute atomic E-state index is 0.133. The van der Waals surface area contributed by atoms with Gasteiger partial charge in [0.1, 0.15) is 4.32 Å². The SMILES string of the molecule is O=C1NC(=S)S/C1=C\c1cc(Br)cc(Br)c1. The standard InChI is InChI=1S/C10H5Br2NOS2/c11-6-1-5(2-7(12)4-6)3-8-9(14)13-10(15)16-8/h1-4H,(H,13,14,15)/b8-3-. The molecule has 1 fully saturated rings. The summed E-state index contributed by atoms with van der Waals surface area (Å²) in [6.45, 7) is 0. The van der Waals surface area contributed by atoms with Gasteiger partial charge in [0.2, 0.25) is 0 Å². The van der Waals surface area contributed by atoms with Crippen LogP contribution in [0.5, 0.6) is 0 Å². The summed E-state index contributed by atoms with van der Waals surface area (Å²) in [5, 5.41) is 2.58. The fraction of sp³-hybridized carbons (Fsp3) is 0. The molecule has 1 aliphatic heterocycles. The highest BCUT2D eigenvalue weighted by Crippen LogP contribution is 2.28. The molecule has 1 aromatic rings. The number of hydrogen-bond donors (Lipinski definition) is 1. The van der Waals surface area contributed by atoms with Crippen molar-refractivity contribution < 1.29 is 4.79 Å².